The molecule has 5 nitrogen and oxygen atoms in total. The second-order valence-corrected chi connectivity index (χ2v) is 7.03. The van der Waals surface area contributed by atoms with Crippen molar-refractivity contribution in [2.75, 3.05) is 0 Å². The highest BCUT2D eigenvalue weighted by Gasteiger charge is 2.17. The van der Waals surface area contributed by atoms with E-state index < -0.39 is 5.91 Å². The molecule has 3 rings (SSSR count). The number of aromatic hydroxyl groups is 1. The summed E-state index contributed by atoms with van der Waals surface area (Å²) in [6, 6.07) is 14.5. The molecule has 0 bridgehead atoms. The summed E-state index contributed by atoms with van der Waals surface area (Å²) in [7, 11) is 0. The lowest BCUT2D eigenvalue weighted by molar-refractivity contribution is 0.0952. The number of nitrogens with zero attached hydrogens (tertiary/aromatic N) is 2. The van der Waals surface area contributed by atoms with Crippen LogP contribution in [0.3, 0.4) is 0 Å². The molecule has 3 aromatic rings. The monoisotopic (exact) mass is 425 g/mol. The number of amides is 1. The molecule has 0 saturated carbocycles. The Morgan fingerprint density at radius 3 is 2.44 bits per heavy atom. The van der Waals surface area contributed by atoms with Crippen LogP contribution in [0.2, 0.25) is 0 Å². The van der Waals surface area contributed by atoms with Crippen molar-refractivity contribution in [1.82, 2.24) is 9.99 Å². The standard InChI is InChI=1S/C21H20BrN3O2/c1-13-8-4-6-10-18(13)25-14(2)17(20(22)15(25)3)12-23-24-21(27)16-9-5-7-11-19(16)26/h4-12,26H,1-3H3,(H,24,27)/b23-12-. The van der Waals surface area contributed by atoms with E-state index in [0.717, 1.165) is 27.1 Å². The van der Waals surface area contributed by atoms with Crippen LogP contribution in [0.1, 0.15) is 32.9 Å². The van der Waals surface area contributed by atoms with Gasteiger partial charge in [-0.25, -0.2) is 5.43 Å². The van der Waals surface area contributed by atoms with Crippen LogP contribution < -0.4 is 5.43 Å². The lowest BCUT2D eigenvalue weighted by Crippen LogP contribution is -2.17. The van der Waals surface area contributed by atoms with Gasteiger partial charge in [-0.05, 0) is 60.5 Å². The van der Waals surface area contributed by atoms with Gasteiger partial charge in [0.15, 0.2) is 0 Å². The number of halogens is 1. The topological polar surface area (TPSA) is 66.6 Å². The third kappa shape index (κ3) is 3.66. The van der Waals surface area contributed by atoms with Crippen LogP contribution in [0.15, 0.2) is 58.1 Å². The molecular weight excluding hydrogens is 406 g/mol. The summed E-state index contributed by atoms with van der Waals surface area (Å²) in [4.78, 5) is 12.2. The number of benzene rings is 2. The molecule has 0 aliphatic carbocycles. The number of hydrogen-bond acceptors (Lipinski definition) is 3. The summed E-state index contributed by atoms with van der Waals surface area (Å²) in [5.41, 5.74) is 7.86. The molecule has 2 aromatic carbocycles. The average Bonchev–Trinajstić information content (AvgIpc) is 2.86. The highest BCUT2D eigenvalue weighted by Crippen LogP contribution is 2.30. The normalized spacial score (nSPS) is 11.1. The van der Waals surface area contributed by atoms with Gasteiger partial charge in [-0.1, -0.05) is 30.3 Å². The maximum Gasteiger partial charge on any atom is 0.275 e. The van der Waals surface area contributed by atoms with Crippen molar-refractivity contribution in [3.63, 3.8) is 0 Å². The highest BCUT2D eigenvalue weighted by molar-refractivity contribution is 9.10. The van der Waals surface area contributed by atoms with E-state index >= 15 is 0 Å². The first-order valence-electron chi connectivity index (χ1n) is 8.46. The molecule has 0 fully saturated rings. The number of phenolic OH excluding ortho intramolecular Hbond substituents is 1. The van der Waals surface area contributed by atoms with Crippen LogP contribution in [-0.4, -0.2) is 21.8 Å². The Kier molecular flexibility index (Phi) is 5.46. The molecule has 0 aliphatic heterocycles. The molecule has 0 spiro atoms. The highest BCUT2D eigenvalue weighted by atomic mass is 79.9. The maximum absolute atomic E-state index is 12.2. The lowest BCUT2D eigenvalue weighted by atomic mass is 10.2. The van der Waals surface area contributed by atoms with Gasteiger partial charge in [-0.15, -0.1) is 0 Å². The largest absolute Gasteiger partial charge is 0.507 e. The van der Waals surface area contributed by atoms with Crippen molar-refractivity contribution < 1.29 is 9.90 Å². The number of phenols is 1. The van der Waals surface area contributed by atoms with Crippen LogP contribution in [0.5, 0.6) is 5.75 Å². The molecule has 0 saturated heterocycles. The zero-order chi connectivity index (χ0) is 19.6. The zero-order valence-electron chi connectivity index (χ0n) is 15.3. The van der Waals surface area contributed by atoms with E-state index in [9.17, 15) is 9.90 Å². The first-order valence-corrected chi connectivity index (χ1v) is 9.26. The Bertz CT molecular complexity index is 1040. The van der Waals surface area contributed by atoms with Gasteiger partial charge in [0.1, 0.15) is 5.75 Å². The average molecular weight is 426 g/mol. The number of hydrazone groups is 1. The van der Waals surface area contributed by atoms with E-state index in [1.165, 1.54) is 11.6 Å². The van der Waals surface area contributed by atoms with Crippen LogP contribution in [-0.2, 0) is 0 Å². The quantitative estimate of drug-likeness (QED) is 0.472. The molecule has 1 heterocycles. The van der Waals surface area contributed by atoms with Gasteiger partial charge >= 0.3 is 0 Å². The first-order chi connectivity index (χ1) is 12.9. The Morgan fingerprint density at radius 2 is 1.74 bits per heavy atom. The number of aryl methyl sites for hydroxylation is 1. The fraction of sp³-hybridized carbons (Fsp3) is 0.143. The molecule has 0 radical (unpaired) electrons. The van der Waals surface area contributed by atoms with Crippen molar-refractivity contribution in [2.24, 2.45) is 5.10 Å². The van der Waals surface area contributed by atoms with Crippen LogP contribution >= 0.6 is 15.9 Å². The third-order valence-corrected chi connectivity index (χ3v) is 5.48. The van der Waals surface area contributed by atoms with Gasteiger partial charge in [-0.3, -0.25) is 4.79 Å². The van der Waals surface area contributed by atoms with E-state index in [0.29, 0.717) is 0 Å². The fourth-order valence-corrected chi connectivity index (χ4v) is 3.60. The zero-order valence-corrected chi connectivity index (χ0v) is 16.9. The van der Waals surface area contributed by atoms with Gasteiger partial charge in [0.25, 0.3) is 5.91 Å². The number of nitrogens with one attached hydrogen (secondary N) is 1. The SMILES string of the molecule is Cc1ccccc1-n1c(C)c(Br)c(/C=N\NC(=O)c2ccccc2O)c1C. The first kappa shape index (κ1) is 18.9. The molecule has 138 valence electrons. The van der Waals surface area contributed by atoms with Gasteiger partial charge in [0.05, 0.1) is 11.8 Å². The van der Waals surface area contributed by atoms with Crippen LogP contribution in [0.4, 0.5) is 0 Å². The van der Waals surface area contributed by atoms with Crippen molar-refractivity contribution in [1.29, 1.82) is 0 Å². The Morgan fingerprint density at radius 1 is 1.07 bits per heavy atom. The molecule has 0 atom stereocenters. The number of hydrogen-bond donors (Lipinski definition) is 2. The number of carbonyl (C=O) groups excluding carboxylic acids is 1. The summed E-state index contributed by atoms with van der Waals surface area (Å²) in [5, 5.41) is 13.8. The molecule has 2 N–H and O–H groups in total. The number of carbonyl (C=O) groups is 1. The second kappa shape index (κ2) is 7.80. The molecule has 6 heteroatoms. The van der Waals surface area contributed by atoms with E-state index in [1.54, 1.807) is 24.4 Å². The van der Waals surface area contributed by atoms with Crippen LogP contribution in [0, 0.1) is 20.8 Å². The summed E-state index contributed by atoms with van der Waals surface area (Å²) >= 11 is 3.63. The Labute approximate surface area is 166 Å². The summed E-state index contributed by atoms with van der Waals surface area (Å²) in [5.74, 6) is -0.544. The van der Waals surface area contributed by atoms with E-state index in [2.05, 4.69) is 50.1 Å². The second-order valence-electron chi connectivity index (χ2n) is 6.24. The fourth-order valence-electron chi connectivity index (χ4n) is 3.03. The molecule has 27 heavy (non-hydrogen) atoms. The molecular formula is C21H20BrN3O2. The minimum atomic E-state index is -0.465. The molecule has 0 aliphatic rings. The number of rotatable bonds is 4. The minimum Gasteiger partial charge on any atom is -0.507 e. The van der Waals surface area contributed by atoms with Gasteiger partial charge in [-0.2, -0.15) is 5.10 Å². The third-order valence-electron chi connectivity index (χ3n) is 4.48. The number of para-hydroxylation sites is 2. The molecule has 0 unspecified atom stereocenters. The van der Waals surface area contributed by atoms with E-state index in [-0.39, 0.29) is 11.3 Å². The van der Waals surface area contributed by atoms with Gasteiger partial charge in [0, 0.05) is 27.1 Å². The van der Waals surface area contributed by atoms with E-state index in [4.69, 9.17) is 0 Å². The smallest absolute Gasteiger partial charge is 0.275 e. The van der Waals surface area contributed by atoms with Crippen LogP contribution in [0.25, 0.3) is 5.69 Å². The predicted octanol–water partition coefficient (Wildman–Crippen LogP) is 4.63. The lowest BCUT2D eigenvalue weighted by Gasteiger charge is -2.12. The van der Waals surface area contributed by atoms with E-state index in [1.807, 2.05) is 26.0 Å². The van der Waals surface area contributed by atoms with Crippen molar-refractivity contribution in [3.8, 4) is 11.4 Å². The predicted molar refractivity (Wildman–Crippen MR) is 111 cm³/mol. The Balaban J connectivity index is 1.89. The van der Waals surface area contributed by atoms with Gasteiger partial charge in [0.2, 0.25) is 0 Å². The molecule has 1 aromatic heterocycles. The van der Waals surface area contributed by atoms with Crippen molar-refractivity contribution in [2.45, 2.75) is 20.8 Å². The minimum absolute atomic E-state index is 0.0795. The van der Waals surface area contributed by atoms with Crippen molar-refractivity contribution >= 4 is 28.1 Å². The van der Waals surface area contributed by atoms with Crippen molar-refractivity contribution in [3.05, 3.63) is 81.1 Å². The Hall–Kier alpha value is -2.86. The maximum atomic E-state index is 12.2. The summed E-state index contributed by atoms with van der Waals surface area (Å²) in [6.45, 7) is 6.11. The summed E-state index contributed by atoms with van der Waals surface area (Å²) < 4.78 is 3.08. The summed E-state index contributed by atoms with van der Waals surface area (Å²) in [6.07, 6.45) is 1.61. The molecule has 1 amide bonds. The van der Waals surface area contributed by atoms with Gasteiger partial charge < -0.3 is 9.67 Å². The number of aromatic nitrogens is 1.